The van der Waals surface area contributed by atoms with Crippen molar-refractivity contribution in [1.82, 2.24) is 5.43 Å². The van der Waals surface area contributed by atoms with Gasteiger partial charge in [0.2, 0.25) is 0 Å². The Morgan fingerprint density at radius 3 is 2.34 bits per heavy atom. The van der Waals surface area contributed by atoms with Crippen molar-refractivity contribution < 1.29 is 9.59 Å². The van der Waals surface area contributed by atoms with Crippen molar-refractivity contribution in [3.05, 3.63) is 92.4 Å². The van der Waals surface area contributed by atoms with Gasteiger partial charge in [-0.2, -0.15) is 0 Å². The van der Waals surface area contributed by atoms with Crippen molar-refractivity contribution in [3.63, 3.8) is 0 Å². The zero-order valence-electron chi connectivity index (χ0n) is 17.1. The van der Waals surface area contributed by atoms with E-state index in [9.17, 15) is 9.59 Å². The molecule has 2 amide bonds. The Kier molecular flexibility index (Phi) is 7.99. The summed E-state index contributed by atoms with van der Waals surface area (Å²) >= 11 is 17.3. The van der Waals surface area contributed by atoms with Crippen LogP contribution in [-0.2, 0) is 0 Å². The van der Waals surface area contributed by atoms with Crippen LogP contribution in [0.2, 0.25) is 15.1 Å². The first-order chi connectivity index (χ1) is 15.3. The fourth-order valence-corrected chi connectivity index (χ4v) is 3.78. The maximum absolute atomic E-state index is 12.2. The first-order valence-electron chi connectivity index (χ1n) is 9.65. The van der Waals surface area contributed by atoms with Gasteiger partial charge in [0.25, 0.3) is 0 Å². The van der Waals surface area contributed by atoms with Gasteiger partial charge in [-0.3, -0.25) is 10.2 Å². The van der Waals surface area contributed by atoms with Crippen LogP contribution in [0.5, 0.6) is 0 Å². The molecule has 0 saturated carbocycles. The van der Waals surface area contributed by atoms with Gasteiger partial charge in [0, 0.05) is 27.7 Å². The van der Waals surface area contributed by atoms with Crippen LogP contribution in [0.15, 0.2) is 60.7 Å². The third kappa shape index (κ3) is 6.14. The zero-order chi connectivity index (χ0) is 23.3. The maximum atomic E-state index is 12.2. The van der Waals surface area contributed by atoms with E-state index < -0.39 is 6.03 Å². The highest BCUT2D eigenvalue weighted by molar-refractivity contribution is 6.36. The predicted molar refractivity (Wildman–Crippen MR) is 131 cm³/mol. The molecule has 166 valence electrons. The summed E-state index contributed by atoms with van der Waals surface area (Å²) in [6.07, 6.45) is 0.484. The van der Waals surface area contributed by atoms with Crippen LogP contribution in [0.3, 0.4) is 0 Å². The largest absolute Gasteiger partial charge is 0.377 e. The van der Waals surface area contributed by atoms with Crippen molar-refractivity contribution in [2.45, 2.75) is 19.4 Å². The molecule has 6 nitrogen and oxygen atoms in total. The van der Waals surface area contributed by atoms with Crippen LogP contribution in [0, 0.1) is 6.92 Å². The smallest absolute Gasteiger partial charge is 0.333 e. The van der Waals surface area contributed by atoms with E-state index in [1.165, 1.54) is 6.07 Å². The number of hydrogen-bond acceptors (Lipinski definition) is 4. The molecule has 3 aromatic rings. The number of nitrogens with one attached hydrogen (secondary N) is 3. The SMILES string of the molecule is Cc1ccc2c(c1)C(=O)CC(c1ccc(Cl)cc1)N2.NNC(=O)Nc1ccc(Cl)cc1Cl. The van der Waals surface area contributed by atoms with Gasteiger partial charge in [0.1, 0.15) is 0 Å². The number of hydrogen-bond donors (Lipinski definition) is 4. The van der Waals surface area contributed by atoms with E-state index in [1.54, 1.807) is 12.1 Å². The Bertz CT molecular complexity index is 1140. The lowest BCUT2D eigenvalue weighted by Crippen LogP contribution is -2.34. The Morgan fingerprint density at radius 2 is 1.69 bits per heavy atom. The lowest BCUT2D eigenvalue weighted by atomic mass is 9.91. The Morgan fingerprint density at radius 1 is 1.00 bits per heavy atom. The third-order valence-electron chi connectivity index (χ3n) is 4.78. The number of rotatable bonds is 2. The molecule has 3 aromatic carbocycles. The number of fused-ring (bicyclic) bond motifs is 1. The monoisotopic (exact) mass is 490 g/mol. The lowest BCUT2D eigenvalue weighted by molar-refractivity contribution is 0.0972. The van der Waals surface area contributed by atoms with Crippen molar-refractivity contribution in [1.29, 1.82) is 0 Å². The highest BCUT2D eigenvalue weighted by Crippen LogP contribution is 2.33. The molecule has 9 heteroatoms. The Labute approximate surface area is 201 Å². The number of amides is 2. The second kappa shape index (κ2) is 10.7. The minimum Gasteiger partial charge on any atom is -0.377 e. The highest BCUT2D eigenvalue weighted by atomic mass is 35.5. The second-order valence-electron chi connectivity index (χ2n) is 7.15. The van der Waals surface area contributed by atoms with E-state index in [2.05, 4.69) is 10.6 Å². The van der Waals surface area contributed by atoms with Crippen LogP contribution >= 0.6 is 34.8 Å². The molecule has 1 atom stereocenters. The summed E-state index contributed by atoms with van der Waals surface area (Å²) in [7, 11) is 0. The molecule has 0 aliphatic carbocycles. The van der Waals surface area contributed by atoms with Crippen molar-refractivity contribution in [2.75, 3.05) is 10.6 Å². The molecule has 5 N–H and O–H groups in total. The van der Waals surface area contributed by atoms with Gasteiger partial charge in [-0.1, -0.05) is 58.6 Å². The van der Waals surface area contributed by atoms with Crippen molar-refractivity contribution >= 4 is 58.0 Å². The number of benzene rings is 3. The first kappa shape index (κ1) is 23.9. The fourth-order valence-electron chi connectivity index (χ4n) is 3.19. The number of anilines is 2. The van der Waals surface area contributed by atoms with E-state index in [-0.39, 0.29) is 11.8 Å². The molecule has 32 heavy (non-hydrogen) atoms. The first-order valence-corrected chi connectivity index (χ1v) is 10.8. The Balaban J connectivity index is 0.000000195. The summed E-state index contributed by atoms with van der Waals surface area (Å²) in [6.45, 7) is 2.00. The van der Waals surface area contributed by atoms with Gasteiger partial charge in [-0.15, -0.1) is 0 Å². The summed E-state index contributed by atoms with van der Waals surface area (Å²) < 4.78 is 0. The van der Waals surface area contributed by atoms with Crippen LogP contribution in [0.1, 0.15) is 33.9 Å². The van der Waals surface area contributed by atoms with Gasteiger partial charge in [-0.05, 0) is 55.0 Å². The van der Waals surface area contributed by atoms with E-state index >= 15 is 0 Å². The number of carbonyl (C=O) groups is 2. The number of ketones is 1. The summed E-state index contributed by atoms with van der Waals surface area (Å²) in [6, 6.07) is 17.8. The topological polar surface area (TPSA) is 96.2 Å². The highest BCUT2D eigenvalue weighted by Gasteiger charge is 2.25. The van der Waals surface area contributed by atoms with Gasteiger partial charge in [0.15, 0.2) is 5.78 Å². The van der Waals surface area contributed by atoms with Crippen LogP contribution in [0.4, 0.5) is 16.2 Å². The second-order valence-corrected chi connectivity index (χ2v) is 8.43. The lowest BCUT2D eigenvalue weighted by Gasteiger charge is -2.26. The average Bonchev–Trinajstić information content (AvgIpc) is 2.77. The van der Waals surface area contributed by atoms with Crippen molar-refractivity contribution in [2.24, 2.45) is 5.84 Å². The van der Waals surface area contributed by atoms with Gasteiger partial charge < -0.3 is 10.6 Å². The van der Waals surface area contributed by atoms with E-state index in [0.29, 0.717) is 27.2 Å². The molecule has 0 radical (unpaired) electrons. The molecular weight excluding hydrogens is 471 g/mol. The number of urea groups is 1. The number of carbonyl (C=O) groups excluding carboxylic acids is 2. The zero-order valence-corrected chi connectivity index (χ0v) is 19.4. The molecule has 0 bridgehead atoms. The number of aryl methyl sites for hydroxylation is 1. The molecule has 4 rings (SSSR count). The molecule has 1 aliphatic rings. The maximum Gasteiger partial charge on any atom is 0.333 e. The minimum atomic E-state index is -0.538. The molecule has 0 spiro atoms. The fraction of sp³-hybridized carbons (Fsp3) is 0.130. The predicted octanol–water partition coefficient (Wildman–Crippen LogP) is 6.38. The minimum absolute atomic E-state index is 0.0278. The standard InChI is InChI=1S/C16H14ClNO.C7H7Cl2N3O/c1-10-2-7-14-13(8-10)16(19)9-15(18-14)11-3-5-12(17)6-4-11;8-4-1-2-6(5(9)3-4)11-7(13)12-10/h2-8,15,18H,9H2,1H3;1-3H,10H2,(H2,11,12,13). The average molecular weight is 492 g/mol. The summed E-state index contributed by atoms with van der Waals surface area (Å²) in [5.41, 5.74) is 6.28. The van der Waals surface area contributed by atoms with E-state index in [1.807, 2.05) is 54.8 Å². The molecule has 0 saturated heterocycles. The summed E-state index contributed by atoms with van der Waals surface area (Å²) in [4.78, 5) is 23.0. The molecular formula is C23H21Cl3N4O2. The van der Waals surface area contributed by atoms with Gasteiger partial charge in [-0.25, -0.2) is 10.6 Å². The molecule has 1 unspecified atom stereocenters. The van der Waals surface area contributed by atoms with Crippen LogP contribution in [0.25, 0.3) is 0 Å². The van der Waals surface area contributed by atoms with Crippen molar-refractivity contribution in [3.8, 4) is 0 Å². The normalized spacial score (nSPS) is 14.4. The number of hydrazine groups is 1. The van der Waals surface area contributed by atoms with Crippen LogP contribution in [-0.4, -0.2) is 11.8 Å². The summed E-state index contributed by atoms with van der Waals surface area (Å²) in [5, 5.41) is 7.42. The molecule has 1 aliphatic heterocycles. The van der Waals surface area contributed by atoms with E-state index in [4.69, 9.17) is 40.6 Å². The Hall–Kier alpha value is -2.77. The van der Waals surface area contributed by atoms with E-state index in [0.717, 1.165) is 22.4 Å². The third-order valence-corrected chi connectivity index (χ3v) is 5.58. The number of Topliss-reactive ketones (excluding diaryl/α,β-unsaturated/α-hetero) is 1. The quantitative estimate of drug-likeness (QED) is 0.190. The number of nitrogens with two attached hydrogens (primary N) is 1. The number of halogens is 3. The van der Waals surface area contributed by atoms with Gasteiger partial charge >= 0.3 is 6.03 Å². The summed E-state index contributed by atoms with van der Waals surface area (Å²) in [5.74, 6) is 5.06. The van der Waals surface area contributed by atoms with Crippen LogP contribution < -0.4 is 21.9 Å². The van der Waals surface area contributed by atoms with Gasteiger partial charge in [0.05, 0.1) is 16.8 Å². The molecule has 0 fully saturated rings. The molecule has 1 heterocycles. The molecule has 0 aromatic heterocycles.